The summed E-state index contributed by atoms with van der Waals surface area (Å²) in [5.41, 5.74) is 1.48. The molecule has 0 N–H and O–H groups in total. The number of fused-ring (bicyclic) bond motifs is 1. The van der Waals surface area contributed by atoms with Crippen LogP contribution in [0.15, 0.2) is 36.0 Å². The predicted molar refractivity (Wildman–Crippen MR) is 99.8 cm³/mol. The van der Waals surface area contributed by atoms with Crippen LogP contribution in [-0.2, 0) is 28.6 Å². The molecule has 1 saturated heterocycles. The Kier molecular flexibility index (Phi) is 7.13. The SMILES string of the molecule is C=C1C(=O)C[C@H]2C(=C)C(=O)O[C@@H]2/C=C(/COC(=O)[C@H](C)CC)CC[C@@H]1OC. The van der Waals surface area contributed by atoms with Crippen LogP contribution in [-0.4, -0.2) is 43.6 Å². The Hall–Kier alpha value is -2.21. The quantitative estimate of drug-likeness (QED) is 0.417. The van der Waals surface area contributed by atoms with Gasteiger partial charge in [-0.2, -0.15) is 0 Å². The van der Waals surface area contributed by atoms with Crippen LogP contribution in [0.4, 0.5) is 0 Å². The summed E-state index contributed by atoms with van der Waals surface area (Å²) in [5.74, 6) is -1.54. The van der Waals surface area contributed by atoms with Crippen molar-refractivity contribution in [2.24, 2.45) is 11.8 Å². The molecular weight excluding hydrogens is 348 g/mol. The summed E-state index contributed by atoms with van der Waals surface area (Å²) in [6, 6.07) is 0. The van der Waals surface area contributed by atoms with E-state index >= 15 is 0 Å². The Morgan fingerprint density at radius 2 is 2.04 bits per heavy atom. The second-order valence-electron chi connectivity index (χ2n) is 7.16. The van der Waals surface area contributed by atoms with Crippen LogP contribution in [0.5, 0.6) is 0 Å². The van der Waals surface area contributed by atoms with Gasteiger partial charge in [0.2, 0.25) is 0 Å². The van der Waals surface area contributed by atoms with Crippen LogP contribution in [0.3, 0.4) is 0 Å². The fourth-order valence-corrected chi connectivity index (χ4v) is 3.19. The highest BCUT2D eigenvalue weighted by Crippen LogP contribution is 2.34. The average molecular weight is 376 g/mol. The molecule has 6 heteroatoms. The van der Waals surface area contributed by atoms with Gasteiger partial charge in [-0.1, -0.05) is 27.0 Å². The zero-order chi connectivity index (χ0) is 20.1. The second kappa shape index (κ2) is 9.13. The molecule has 2 rings (SSSR count). The maximum Gasteiger partial charge on any atom is 0.334 e. The van der Waals surface area contributed by atoms with E-state index in [-0.39, 0.29) is 36.3 Å². The standard InChI is InChI=1S/C21H28O6/c1-6-12(2)20(23)26-11-15-7-8-18(25-5)14(4)17(22)10-16-13(3)21(24)27-19(16)9-15/h9,12,16,18-19H,3-4,6-8,10-11H2,1-2,5H3/b15-9+/t12-,16+,18+,19-/m1/s1. The molecule has 1 fully saturated rings. The molecule has 0 aromatic rings. The molecule has 1 aliphatic carbocycles. The molecule has 27 heavy (non-hydrogen) atoms. The molecular formula is C21H28O6. The van der Waals surface area contributed by atoms with E-state index in [0.717, 1.165) is 5.57 Å². The smallest absolute Gasteiger partial charge is 0.334 e. The number of carbonyl (C=O) groups excluding carboxylic acids is 3. The van der Waals surface area contributed by atoms with Crippen molar-refractivity contribution >= 4 is 17.7 Å². The van der Waals surface area contributed by atoms with Gasteiger partial charge in [0.05, 0.1) is 12.0 Å². The Labute approximate surface area is 160 Å². The second-order valence-corrected chi connectivity index (χ2v) is 7.16. The number of ether oxygens (including phenoxy) is 3. The summed E-state index contributed by atoms with van der Waals surface area (Å²) in [4.78, 5) is 36.5. The van der Waals surface area contributed by atoms with Crippen molar-refractivity contribution in [1.29, 1.82) is 0 Å². The molecule has 1 heterocycles. The number of ketones is 1. The van der Waals surface area contributed by atoms with Gasteiger partial charge in [0, 0.05) is 30.6 Å². The zero-order valence-corrected chi connectivity index (χ0v) is 16.3. The normalized spacial score (nSPS) is 29.4. The first-order chi connectivity index (χ1) is 12.8. The summed E-state index contributed by atoms with van der Waals surface area (Å²) in [5, 5.41) is 0. The van der Waals surface area contributed by atoms with Crippen molar-refractivity contribution in [2.75, 3.05) is 13.7 Å². The molecule has 0 aromatic carbocycles. The third-order valence-electron chi connectivity index (χ3n) is 5.33. The van der Waals surface area contributed by atoms with E-state index in [1.807, 2.05) is 13.8 Å². The fourth-order valence-electron chi connectivity index (χ4n) is 3.19. The lowest BCUT2D eigenvalue weighted by Crippen LogP contribution is -2.27. The molecule has 0 saturated carbocycles. The van der Waals surface area contributed by atoms with E-state index in [0.29, 0.717) is 24.8 Å². The minimum atomic E-state index is -0.585. The van der Waals surface area contributed by atoms with Gasteiger partial charge in [-0.15, -0.1) is 0 Å². The summed E-state index contributed by atoms with van der Waals surface area (Å²) >= 11 is 0. The highest BCUT2D eigenvalue weighted by atomic mass is 16.6. The third-order valence-corrected chi connectivity index (χ3v) is 5.33. The lowest BCUT2D eigenvalue weighted by molar-refractivity contribution is -0.147. The Bertz CT molecular complexity index is 674. The summed E-state index contributed by atoms with van der Waals surface area (Å²) in [7, 11) is 1.53. The van der Waals surface area contributed by atoms with Crippen molar-refractivity contribution in [3.63, 3.8) is 0 Å². The molecule has 0 aromatic heterocycles. The fraction of sp³-hybridized carbons (Fsp3) is 0.571. The number of esters is 2. The Morgan fingerprint density at radius 1 is 1.33 bits per heavy atom. The first-order valence-corrected chi connectivity index (χ1v) is 9.29. The molecule has 4 atom stereocenters. The number of Topliss-reactive ketones (excluding diaryl/α,β-unsaturated/α-hetero) is 1. The lowest BCUT2D eigenvalue weighted by Gasteiger charge is -2.23. The molecule has 0 radical (unpaired) electrons. The van der Waals surface area contributed by atoms with Gasteiger partial charge < -0.3 is 14.2 Å². The minimum Gasteiger partial charge on any atom is -0.461 e. The van der Waals surface area contributed by atoms with Crippen LogP contribution < -0.4 is 0 Å². The molecule has 6 nitrogen and oxygen atoms in total. The van der Waals surface area contributed by atoms with Crippen molar-refractivity contribution < 1.29 is 28.6 Å². The zero-order valence-electron chi connectivity index (χ0n) is 16.3. The summed E-state index contributed by atoms with van der Waals surface area (Å²) < 4.78 is 16.2. The molecule has 148 valence electrons. The van der Waals surface area contributed by atoms with Crippen molar-refractivity contribution in [3.8, 4) is 0 Å². The predicted octanol–water partition coefficient (Wildman–Crippen LogP) is 2.92. The van der Waals surface area contributed by atoms with Gasteiger partial charge in [-0.05, 0) is 30.9 Å². The average Bonchev–Trinajstić information content (AvgIpc) is 2.91. The van der Waals surface area contributed by atoms with Crippen molar-refractivity contribution in [3.05, 3.63) is 36.0 Å². The topological polar surface area (TPSA) is 78.9 Å². The Balaban J connectivity index is 2.26. The van der Waals surface area contributed by atoms with E-state index in [1.165, 1.54) is 7.11 Å². The van der Waals surface area contributed by atoms with E-state index in [1.54, 1.807) is 6.08 Å². The number of carbonyl (C=O) groups is 3. The van der Waals surface area contributed by atoms with Crippen molar-refractivity contribution in [2.45, 2.75) is 51.7 Å². The first-order valence-electron chi connectivity index (χ1n) is 9.29. The molecule has 2 aliphatic rings. The number of methoxy groups -OCH3 is 1. The van der Waals surface area contributed by atoms with Crippen LogP contribution in [0.2, 0.25) is 0 Å². The van der Waals surface area contributed by atoms with E-state index in [4.69, 9.17) is 14.2 Å². The van der Waals surface area contributed by atoms with Crippen LogP contribution >= 0.6 is 0 Å². The van der Waals surface area contributed by atoms with E-state index in [9.17, 15) is 14.4 Å². The van der Waals surface area contributed by atoms with E-state index in [2.05, 4.69) is 13.2 Å². The van der Waals surface area contributed by atoms with Gasteiger partial charge >= 0.3 is 11.9 Å². The minimum absolute atomic E-state index is 0.0877. The first kappa shape index (κ1) is 21.1. The van der Waals surface area contributed by atoms with Crippen LogP contribution in [0.1, 0.15) is 39.5 Å². The van der Waals surface area contributed by atoms with Gasteiger partial charge in [-0.3, -0.25) is 9.59 Å². The van der Waals surface area contributed by atoms with Crippen LogP contribution in [0.25, 0.3) is 0 Å². The van der Waals surface area contributed by atoms with Gasteiger partial charge in [0.15, 0.2) is 5.78 Å². The van der Waals surface area contributed by atoms with Gasteiger partial charge in [-0.25, -0.2) is 4.79 Å². The highest BCUT2D eigenvalue weighted by Gasteiger charge is 2.40. The molecule has 0 spiro atoms. The lowest BCUT2D eigenvalue weighted by atomic mass is 9.85. The van der Waals surface area contributed by atoms with Gasteiger partial charge in [0.25, 0.3) is 0 Å². The van der Waals surface area contributed by atoms with Crippen molar-refractivity contribution in [1.82, 2.24) is 0 Å². The monoisotopic (exact) mass is 376 g/mol. The molecule has 0 unspecified atom stereocenters. The maximum atomic E-state index is 12.5. The summed E-state index contributed by atoms with van der Waals surface area (Å²) in [6.45, 7) is 11.5. The van der Waals surface area contributed by atoms with E-state index < -0.39 is 24.1 Å². The maximum absolute atomic E-state index is 12.5. The Morgan fingerprint density at radius 3 is 2.67 bits per heavy atom. The largest absolute Gasteiger partial charge is 0.461 e. The summed E-state index contributed by atoms with van der Waals surface area (Å²) in [6.07, 6.45) is 2.63. The molecule has 0 amide bonds. The number of hydrogen-bond acceptors (Lipinski definition) is 6. The highest BCUT2D eigenvalue weighted by molar-refractivity contribution is 5.98. The van der Waals surface area contributed by atoms with Gasteiger partial charge in [0.1, 0.15) is 12.7 Å². The van der Waals surface area contributed by atoms with Crippen LogP contribution in [0, 0.1) is 11.8 Å². The molecule has 0 bridgehead atoms. The molecule has 1 aliphatic heterocycles. The third kappa shape index (κ3) is 4.95. The number of rotatable bonds is 5. The number of hydrogen-bond donors (Lipinski definition) is 0.